The molecule has 0 bridgehead atoms. The minimum atomic E-state index is -0.224. The summed E-state index contributed by atoms with van der Waals surface area (Å²) in [5, 5.41) is 0.745. The first kappa shape index (κ1) is 28.0. The molecule has 0 amide bonds. The van der Waals surface area contributed by atoms with E-state index in [2.05, 4.69) is 56.3 Å². The summed E-state index contributed by atoms with van der Waals surface area (Å²) in [7, 11) is 0. The fourth-order valence-corrected chi connectivity index (χ4v) is 5.73. The van der Waals surface area contributed by atoms with Crippen LogP contribution in [0.1, 0.15) is 61.3 Å². The smallest absolute Gasteiger partial charge is 0.123 e. The molecule has 1 fully saturated rings. The van der Waals surface area contributed by atoms with E-state index in [1.165, 1.54) is 17.6 Å². The van der Waals surface area contributed by atoms with Gasteiger partial charge in [0.25, 0.3) is 0 Å². The molecule has 4 aromatic rings. The Morgan fingerprint density at radius 2 is 1.68 bits per heavy atom. The van der Waals surface area contributed by atoms with Crippen LogP contribution in [0.3, 0.4) is 0 Å². The number of aryl methyl sites for hydroxylation is 1. The molecule has 1 aliphatic carbocycles. The SMILES string of the molecule is CCO/C(CC(c1ccc(F)cc1)c1ccc(OCc2cccc(-c3ccc(Cl)cc3C)c2)cc1)=C1/CC[C@@H]1C. The van der Waals surface area contributed by atoms with Crippen LogP contribution in [0.15, 0.2) is 102 Å². The van der Waals surface area contributed by atoms with Crippen molar-refractivity contribution in [1.82, 2.24) is 0 Å². The molecule has 0 spiro atoms. The minimum absolute atomic E-state index is 0.0656. The van der Waals surface area contributed by atoms with E-state index in [4.69, 9.17) is 21.1 Å². The first-order valence-electron chi connectivity index (χ1n) is 14.1. The summed E-state index contributed by atoms with van der Waals surface area (Å²) in [4.78, 5) is 0. The van der Waals surface area contributed by atoms with Crippen LogP contribution in [0.5, 0.6) is 5.75 Å². The monoisotopic (exact) mass is 554 g/mol. The third-order valence-electron chi connectivity index (χ3n) is 7.89. The molecule has 5 rings (SSSR count). The van der Waals surface area contributed by atoms with E-state index < -0.39 is 0 Å². The van der Waals surface area contributed by atoms with Gasteiger partial charge in [-0.25, -0.2) is 4.39 Å². The molecule has 40 heavy (non-hydrogen) atoms. The maximum atomic E-state index is 13.8. The van der Waals surface area contributed by atoms with E-state index in [1.54, 1.807) is 12.1 Å². The largest absolute Gasteiger partial charge is 0.498 e. The van der Waals surface area contributed by atoms with Gasteiger partial charge in [0.05, 0.1) is 12.4 Å². The number of halogens is 2. The first-order valence-corrected chi connectivity index (χ1v) is 14.5. The lowest BCUT2D eigenvalue weighted by Crippen LogP contribution is -2.17. The van der Waals surface area contributed by atoms with Crippen molar-refractivity contribution in [3.8, 4) is 16.9 Å². The molecule has 1 saturated carbocycles. The molecule has 2 nitrogen and oxygen atoms in total. The molecule has 0 heterocycles. The zero-order chi connectivity index (χ0) is 28.1. The molecule has 1 unspecified atom stereocenters. The van der Waals surface area contributed by atoms with Gasteiger partial charge in [-0.15, -0.1) is 0 Å². The topological polar surface area (TPSA) is 18.5 Å². The van der Waals surface area contributed by atoms with Crippen LogP contribution in [-0.2, 0) is 11.3 Å². The molecular weight excluding hydrogens is 519 g/mol. The lowest BCUT2D eigenvalue weighted by atomic mass is 9.77. The Labute approximate surface area is 242 Å². The molecule has 0 aromatic heterocycles. The Balaban J connectivity index is 1.33. The van der Waals surface area contributed by atoms with E-state index in [1.807, 2.05) is 43.3 Å². The number of benzene rings is 4. The standard InChI is InChI=1S/C36H36ClFO2/c1-4-39-36(34-18-8-24(34)2)22-35(27-9-14-31(38)15-10-27)28-11-16-32(17-12-28)40-23-26-6-5-7-29(21-26)33-19-13-30(37)20-25(33)3/h5-7,9-17,19-21,24,35H,4,8,18,22-23H2,1-3H3/b36-34-/t24-,35?/m0/s1. The average Bonchev–Trinajstić information content (AvgIpc) is 2.95. The van der Waals surface area contributed by atoms with Gasteiger partial charge in [0, 0.05) is 17.4 Å². The lowest BCUT2D eigenvalue weighted by Gasteiger charge is -2.31. The summed E-state index contributed by atoms with van der Waals surface area (Å²) in [5.74, 6) is 2.30. The van der Waals surface area contributed by atoms with Crippen LogP contribution in [0.2, 0.25) is 5.02 Å². The van der Waals surface area contributed by atoms with Gasteiger partial charge in [0.15, 0.2) is 0 Å². The summed E-state index contributed by atoms with van der Waals surface area (Å²) < 4.78 is 26.1. The van der Waals surface area contributed by atoms with E-state index in [-0.39, 0.29) is 11.7 Å². The normalized spacial score (nSPS) is 16.7. The van der Waals surface area contributed by atoms with Gasteiger partial charge in [0.1, 0.15) is 18.2 Å². The first-order chi connectivity index (χ1) is 19.4. The van der Waals surface area contributed by atoms with Crippen molar-refractivity contribution in [2.75, 3.05) is 6.61 Å². The fourth-order valence-electron chi connectivity index (χ4n) is 5.50. The lowest BCUT2D eigenvalue weighted by molar-refractivity contribution is 0.200. The maximum absolute atomic E-state index is 13.8. The highest BCUT2D eigenvalue weighted by Gasteiger charge is 2.27. The van der Waals surface area contributed by atoms with Crippen molar-refractivity contribution >= 4 is 11.6 Å². The Morgan fingerprint density at radius 3 is 2.30 bits per heavy atom. The third kappa shape index (κ3) is 6.59. The van der Waals surface area contributed by atoms with Crippen molar-refractivity contribution < 1.29 is 13.9 Å². The van der Waals surface area contributed by atoms with E-state index in [9.17, 15) is 4.39 Å². The van der Waals surface area contributed by atoms with Crippen molar-refractivity contribution in [2.24, 2.45) is 5.92 Å². The fraction of sp³-hybridized carbons (Fsp3) is 0.278. The predicted octanol–water partition coefficient (Wildman–Crippen LogP) is 10.3. The average molecular weight is 555 g/mol. The molecule has 0 saturated heterocycles. The Hall–Kier alpha value is -3.56. The summed E-state index contributed by atoms with van der Waals surface area (Å²) in [5.41, 5.74) is 8.21. The highest BCUT2D eigenvalue weighted by molar-refractivity contribution is 6.30. The maximum Gasteiger partial charge on any atom is 0.123 e. The van der Waals surface area contributed by atoms with Crippen molar-refractivity contribution in [3.63, 3.8) is 0 Å². The van der Waals surface area contributed by atoms with E-state index >= 15 is 0 Å². The summed E-state index contributed by atoms with van der Waals surface area (Å²) >= 11 is 6.15. The molecule has 1 aliphatic rings. The highest BCUT2D eigenvalue weighted by atomic mass is 35.5. The van der Waals surface area contributed by atoms with Gasteiger partial charge in [0.2, 0.25) is 0 Å². The minimum Gasteiger partial charge on any atom is -0.498 e. The molecule has 0 aliphatic heterocycles. The number of hydrogen-bond donors (Lipinski definition) is 0. The number of hydrogen-bond acceptors (Lipinski definition) is 2. The predicted molar refractivity (Wildman–Crippen MR) is 162 cm³/mol. The van der Waals surface area contributed by atoms with Crippen LogP contribution in [-0.4, -0.2) is 6.61 Å². The second-order valence-electron chi connectivity index (χ2n) is 10.6. The third-order valence-corrected chi connectivity index (χ3v) is 8.13. The van der Waals surface area contributed by atoms with Crippen molar-refractivity contribution in [1.29, 1.82) is 0 Å². The second kappa shape index (κ2) is 12.7. The van der Waals surface area contributed by atoms with E-state index in [0.717, 1.165) is 57.2 Å². The summed E-state index contributed by atoms with van der Waals surface area (Å²) in [6.45, 7) is 7.50. The number of rotatable bonds is 10. The van der Waals surface area contributed by atoms with Crippen LogP contribution in [0.4, 0.5) is 4.39 Å². The van der Waals surface area contributed by atoms with Crippen molar-refractivity contribution in [2.45, 2.75) is 52.6 Å². The van der Waals surface area contributed by atoms with Gasteiger partial charge in [-0.05, 0) is 114 Å². The van der Waals surface area contributed by atoms with Crippen LogP contribution >= 0.6 is 11.6 Å². The Bertz CT molecular complexity index is 1470. The molecule has 4 aromatic carbocycles. The van der Waals surface area contributed by atoms with Gasteiger partial charge < -0.3 is 9.47 Å². The summed E-state index contributed by atoms with van der Waals surface area (Å²) in [6, 6.07) is 29.5. The van der Waals surface area contributed by atoms with Crippen LogP contribution in [0, 0.1) is 18.7 Å². The molecule has 4 heteroatoms. The molecule has 2 atom stereocenters. The van der Waals surface area contributed by atoms with E-state index in [0.29, 0.717) is 19.1 Å². The Morgan fingerprint density at radius 1 is 0.950 bits per heavy atom. The molecule has 206 valence electrons. The summed E-state index contributed by atoms with van der Waals surface area (Å²) in [6.07, 6.45) is 3.07. The highest BCUT2D eigenvalue weighted by Crippen LogP contribution is 2.41. The van der Waals surface area contributed by atoms with Crippen molar-refractivity contribution in [3.05, 3.63) is 135 Å². The number of allylic oxidation sites excluding steroid dienone is 2. The molecule has 0 radical (unpaired) electrons. The van der Waals surface area contributed by atoms with Gasteiger partial charge >= 0.3 is 0 Å². The molecule has 0 N–H and O–H groups in total. The Kier molecular flexibility index (Phi) is 8.91. The van der Waals surface area contributed by atoms with Gasteiger partial charge in [-0.2, -0.15) is 0 Å². The molecular formula is C36H36ClFO2. The number of ether oxygens (including phenoxy) is 2. The van der Waals surface area contributed by atoms with Gasteiger partial charge in [-0.3, -0.25) is 0 Å². The quantitative estimate of drug-likeness (QED) is 0.181. The van der Waals surface area contributed by atoms with Crippen LogP contribution in [0.25, 0.3) is 11.1 Å². The second-order valence-corrected chi connectivity index (χ2v) is 11.1. The van der Waals surface area contributed by atoms with Crippen LogP contribution < -0.4 is 4.74 Å². The zero-order valence-electron chi connectivity index (χ0n) is 23.4. The van der Waals surface area contributed by atoms with Gasteiger partial charge in [-0.1, -0.05) is 67.1 Å². The zero-order valence-corrected chi connectivity index (χ0v) is 24.2.